The number of amides is 3. The smallest absolute Gasteiger partial charge is 0.257 e. The van der Waals surface area contributed by atoms with Gasteiger partial charge >= 0.3 is 0 Å². The van der Waals surface area contributed by atoms with Crippen LogP contribution in [0.15, 0.2) is 54.6 Å². The van der Waals surface area contributed by atoms with Crippen LogP contribution in [-0.2, 0) is 16.0 Å². The van der Waals surface area contributed by atoms with Crippen LogP contribution in [0, 0.1) is 5.92 Å². The molecule has 0 saturated carbocycles. The Kier molecular flexibility index (Phi) is 7.55. The summed E-state index contributed by atoms with van der Waals surface area (Å²) in [4.78, 5) is 39.0. The normalized spacial score (nSPS) is 16.4. The number of nitrogens with one attached hydrogen (secondary N) is 2. The lowest BCUT2D eigenvalue weighted by Gasteiger charge is -2.20. The predicted molar refractivity (Wildman–Crippen MR) is 136 cm³/mol. The number of benzene rings is 2. The van der Waals surface area contributed by atoms with Crippen LogP contribution in [0.1, 0.15) is 54.0 Å². The Morgan fingerprint density at radius 3 is 2.40 bits per heavy atom. The third kappa shape index (κ3) is 6.10. The Hall–Kier alpha value is -3.59. The van der Waals surface area contributed by atoms with E-state index in [1.807, 2.05) is 32.0 Å². The molecule has 0 radical (unpaired) electrons. The van der Waals surface area contributed by atoms with Crippen molar-refractivity contribution in [3.8, 4) is 0 Å². The number of anilines is 2. The molecule has 4 rings (SSSR count). The first-order valence-corrected chi connectivity index (χ1v) is 12.5. The first kappa shape index (κ1) is 24.5. The van der Waals surface area contributed by atoms with E-state index in [1.54, 1.807) is 29.2 Å². The number of nitrogens with zero attached hydrogens (tertiary/aromatic N) is 3. The highest BCUT2D eigenvalue weighted by molar-refractivity contribution is 7.15. The molecule has 9 heteroatoms. The zero-order valence-corrected chi connectivity index (χ0v) is 20.8. The zero-order valence-electron chi connectivity index (χ0n) is 20.0. The molecule has 1 aliphatic heterocycles. The summed E-state index contributed by atoms with van der Waals surface area (Å²) < 4.78 is 0. The minimum Gasteiger partial charge on any atom is -0.339 e. The summed E-state index contributed by atoms with van der Waals surface area (Å²) in [5.41, 5.74) is 2.26. The van der Waals surface area contributed by atoms with E-state index in [-0.39, 0.29) is 36.1 Å². The summed E-state index contributed by atoms with van der Waals surface area (Å²) in [5.74, 6) is -0.558. The van der Waals surface area contributed by atoms with Crippen molar-refractivity contribution >= 4 is 39.9 Å². The van der Waals surface area contributed by atoms with E-state index in [0.717, 1.165) is 11.4 Å². The molecule has 0 bridgehead atoms. The number of rotatable bonds is 8. The van der Waals surface area contributed by atoms with Crippen LogP contribution in [0.2, 0.25) is 0 Å². The van der Waals surface area contributed by atoms with E-state index in [4.69, 9.17) is 0 Å². The lowest BCUT2D eigenvalue weighted by atomic mass is 9.98. The van der Waals surface area contributed by atoms with Crippen LogP contribution < -0.4 is 10.6 Å². The molecular weight excluding hydrogens is 462 g/mol. The van der Waals surface area contributed by atoms with Crippen molar-refractivity contribution in [2.24, 2.45) is 5.92 Å². The quantitative estimate of drug-likeness (QED) is 0.488. The van der Waals surface area contributed by atoms with E-state index in [2.05, 4.69) is 39.9 Å². The highest BCUT2D eigenvalue weighted by Gasteiger charge is 2.35. The Morgan fingerprint density at radius 2 is 1.74 bits per heavy atom. The first-order valence-electron chi connectivity index (χ1n) is 11.7. The molecule has 3 aromatic rings. The fourth-order valence-electron chi connectivity index (χ4n) is 4.07. The number of hydrogen-bond acceptors (Lipinski definition) is 6. The average Bonchev–Trinajstić information content (AvgIpc) is 3.46. The Balaban J connectivity index is 1.30. The molecule has 2 unspecified atom stereocenters. The molecule has 1 aliphatic rings. The number of carbonyl (C=O) groups is 3. The molecule has 3 amide bonds. The van der Waals surface area contributed by atoms with E-state index in [9.17, 15) is 14.4 Å². The van der Waals surface area contributed by atoms with E-state index >= 15 is 0 Å². The maximum atomic E-state index is 12.6. The van der Waals surface area contributed by atoms with Gasteiger partial charge in [-0.05, 0) is 49.6 Å². The number of likely N-dealkylation sites (tertiary alicyclic amines) is 1. The molecule has 182 valence electrons. The predicted octanol–water partition coefficient (Wildman–Crippen LogP) is 4.33. The third-order valence-electron chi connectivity index (χ3n) is 6.10. The van der Waals surface area contributed by atoms with Crippen molar-refractivity contribution < 1.29 is 14.4 Å². The van der Waals surface area contributed by atoms with Gasteiger partial charge in [0.15, 0.2) is 0 Å². The van der Waals surface area contributed by atoms with Gasteiger partial charge in [-0.3, -0.25) is 19.7 Å². The summed E-state index contributed by atoms with van der Waals surface area (Å²) in [7, 11) is 0. The number of carbonyl (C=O) groups excluding carboxylic acids is 3. The van der Waals surface area contributed by atoms with Gasteiger partial charge in [0.25, 0.3) is 5.91 Å². The highest BCUT2D eigenvalue weighted by atomic mass is 32.1. The molecule has 2 atom stereocenters. The summed E-state index contributed by atoms with van der Waals surface area (Å²) in [6.07, 6.45) is 0.964. The van der Waals surface area contributed by atoms with Gasteiger partial charge < -0.3 is 10.2 Å². The Labute approximate surface area is 208 Å². The molecule has 2 aromatic carbocycles. The maximum absolute atomic E-state index is 12.6. The van der Waals surface area contributed by atoms with Crippen LogP contribution in [-0.4, -0.2) is 45.4 Å². The van der Waals surface area contributed by atoms with Crippen molar-refractivity contribution in [1.82, 2.24) is 15.1 Å². The molecule has 2 heterocycles. The second kappa shape index (κ2) is 10.8. The van der Waals surface area contributed by atoms with Crippen LogP contribution in [0.5, 0.6) is 0 Å². The highest BCUT2D eigenvalue weighted by Crippen LogP contribution is 2.25. The summed E-state index contributed by atoms with van der Waals surface area (Å²) in [5, 5.41) is 15.3. The van der Waals surface area contributed by atoms with Crippen LogP contribution >= 0.6 is 11.3 Å². The topological polar surface area (TPSA) is 104 Å². The molecule has 8 nitrogen and oxygen atoms in total. The standard InChI is InChI=1S/C26H29N5O3S/c1-16(2)31-15-20(14-23(31)32)25(34)27-21-11-9-19(10-12-21)24(33)28-26-30-29-22(35-26)13-17(3)18-7-5-4-6-8-18/h4-12,16-17,20H,13-15H2,1-3H3,(H,27,34)(H,28,30,33). The van der Waals surface area contributed by atoms with Crippen molar-refractivity contribution in [2.75, 3.05) is 17.2 Å². The summed E-state index contributed by atoms with van der Waals surface area (Å²) >= 11 is 1.36. The van der Waals surface area contributed by atoms with Crippen LogP contribution in [0.4, 0.5) is 10.8 Å². The zero-order chi connectivity index (χ0) is 24.9. The molecular formula is C26H29N5O3S. The van der Waals surface area contributed by atoms with Crippen molar-refractivity contribution in [3.63, 3.8) is 0 Å². The lowest BCUT2D eigenvalue weighted by Crippen LogP contribution is -2.33. The van der Waals surface area contributed by atoms with Gasteiger partial charge in [0.2, 0.25) is 16.9 Å². The van der Waals surface area contributed by atoms with Crippen LogP contribution in [0.3, 0.4) is 0 Å². The Morgan fingerprint density at radius 1 is 1.03 bits per heavy atom. The van der Waals surface area contributed by atoms with Gasteiger partial charge in [-0.2, -0.15) is 0 Å². The average molecular weight is 492 g/mol. The molecule has 0 spiro atoms. The van der Waals surface area contributed by atoms with Gasteiger partial charge in [0, 0.05) is 36.7 Å². The summed E-state index contributed by atoms with van der Waals surface area (Å²) in [6.45, 7) is 6.45. The van der Waals surface area contributed by atoms with E-state index in [1.165, 1.54) is 16.9 Å². The van der Waals surface area contributed by atoms with Crippen molar-refractivity contribution in [2.45, 2.75) is 45.6 Å². The monoisotopic (exact) mass is 491 g/mol. The first-order chi connectivity index (χ1) is 16.8. The lowest BCUT2D eigenvalue weighted by molar-refractivity contribution is -0.129. The molecule has 0 aliphatic carbocycles. The second-order valence-electron chi connectivity index (χ2n) is 9.08. The SMILES string of the molecule is CC(Cc1nnc(NC(=O)c2ccc(NC(=O)C3CC(=O)N(C(C)C)C3)cc2)s1)c1ccccc1. The minimum absolute atomic E-state index is 0.00141. The second-order valence-corrected chi connectivity index (χ2v) is 10.1. The van der Waals surface area contributed by atoms with Gasteiger partial charge in [0.05, 0.1) is 5.92 Å². The summed E-state index contributed by atoms with van der Waals surface area (Å²) in [6, 6.07) is 16.9. The van der Waals surface area contributed by atoms with E-state index in [0.29, 0.717) is 28.8 Å². The number of aromatic nitrogens is 2. The Bertz CT molecular complexity index is 1190. The van der Waals surface area contributed by atoms with Gasteiger partial charge in [-0.15, -0.1) is 10.2 Å². The van der Waals surface area contributed by atoms with E-state index < -0.39 is 0 Å². The third-order valence-corrected chi connectivity index (χ3v) is 6.96. The van der Waals surface area contributed by atoms with Crippen LogP contribution in [0.25, 0.3) is 0 Å². The van der Waals surface area contributed by atoms with Crippen molar-refractivity contribution in [3.05, 3.63) is 70.7 Å². The molecule has 1 fully saturated rings. The molecule has 1 aromatic heterocycles. The molecule has 35 heavy (non-hydrogen) atoms. The molecule has 2 N–H and O–H groups in total. The van der Waals surface area contributed by atoms with Gasteiger partial charge in [-0.1, -0.05) is 48.6 Å². The largest absolute Gasteiger partial charge is 0.339 e. The minimum atomic E-state index is -0.371. The van der Waals surface area contributed by atoms with Gasteiger partial charge in [-0.25, -0.2) is 0 Å². The van der Waals surface area contributed by atoms with Crippen molar-refractivity contribution in [1.29, 1.82) is 0 Å². The fourth-order valence-corrected chi connectivity index (χ4v) is 4.94. The molecule has 1 saturated heterocycles. The number of hydrogen-bond donors (Lipinski definition) is 2. The van der Waals surface area contributed by atoms with Gasteiger partial charge in [0.1, 0.15) is 5.01 Å². The fraction of sp³-hybridized carbons (Fsp3) is 0.346. The maximum Gasteiger partial charge on any atom is 0.257 e.